The minimum absolute atomic E-state index is 0.169. The quantitative estimate of drug-likeness (QED) is 0.369. The van der Waals surface area contributed by atoms with Crippen molar-refractivity contribution in [2.45, 2.75) is 50.9 Å². The summed E-state index contributed by atoms with van der Waals surface area (Å²) in [7, 11) is 0. The molecule has 2 atom stereocenters. The van der Waals surface area contributed by atoms with Crippen molar-refractivity contribution in [1.29, 1.82) is 0 Å². The predicted octanol–water partition coefficient (Wildman–Crippen LogP) is 2.45. The summed E-state index contributed by atoms with van der Waals surface area (Å²) in [5, 5.41) is 0. The highest BCUT2D eigenvalue weighted by Gasteiger charge is 2.18. The van der Waals surface area contributed by atoms with Crippen LogP contribution in [0.5, 0.6) is 0 Å². The zero-order valence-corrected chi connectivity index (χ0v) is 9.19. The third-order valence-electron chi connectivity index (χ3n) is 2.51. The van der Waals surface area contributed by atoms with Crippen molar-refractivity contribution < 1.29 is 14.3 Å². The summed E-state index contributed by atoms with van der Waals surface area (Å²) >= 11 is 0. The van der Waals surface area contributed by atoms with Gasteiger partial charge in [-0.05, 0) is 38.5 Å². The van der Waals surface area contributed by atoms with E-state index in [9.17, 15) is 4.79 Å². The van der Waals surface area contributed by atoms with Gasteiger partial charge in [-0.25, -0.2) is 0 Å². The molecule has 2 unspecified atom stereocenters. The number of rotatable bonds is 7. The largest absolute Gasteiger partial charge is 0.353 e. The second kappa shape index (κ2) is 7.60. The average Bonchev–Trinajstić information content (AvgIpc) is 2.29. The monoisotopic (exact) mass is 212 g/mol. The normalized spacial score (nSPS) is 23.3. The van der Waals surface area contributed by atoms with Crippen LogP contribution in [0, 0.1) is 0 Å². The van der Waals surface area contributed by atoms with Gasteiger partial charge in [0.25, 0.3) is 0 Å². The van der Waals surface area contributed by atoms with Gasteiger partial charge in [0, 0.05) is 6.61 Å². The highest BCUT2D eigenvalue weighted by molar-refractivity contribution is 5.55. The molecule has 0 aromatic rings. The first kappa shape index (κ1) is 12.4. The van der Waals surface area contributed by atoms with E-state index in [1.165, 1.54) is 0 Å². The standard InChI is InChI=1S/C12H20O3/c1-2-3-4-7-11(10-13)15-12-8-5-6-9-14-12/h2,10-12H,1,3-9H2. The van der Waals surface area contributed by atoms with Crippen molar-refractivity contribution in [3.05, 3.63) is 12.7 Å². The summed E-state index contributed by atoms with van der Waals surface area (Å²) in [6, 6.07) is 0. The van der Waals surface area contributed by atoms with Crippen LogP contribution in [0.4, 0.5) is 0 Å². The highest BCUT2D eigenvalue weighted by atomic mass is 16.7. The fourth-order valence-corrected chi connectivity index (χ4v) is 1.64. The Labute approximate surface area is 91.4 Å². The van der Waals surface area contributed by atoms with Gasteiger partial charge in [-0.1, -0.05) is 6.08 Å². The number of aldehydes is 1. The van der Waals surface area contributed by atoms with Gasteiger partial charge < -0.3 is 14.3 Å². The van der Waals surface area contributed by atoms with E-state index in [2.05, 4.69) is 6.58 Å². The summed E-state index contributed by atoms with van der Waals surface area (Å²) in [6.07, 6.45) is 8.02. The van der Waals surface area contributed by atoms with Gasteiger partial charge in [-0.15, -0.1) is 6.58 Å². The Kier molecular flexibility index (Phi) is 6.28. The molecule has 1 saturated heterocycles. The molecule has 86 valence electrons. The van der Waals surface area contributed by atoms with E-state index in [4.69, 9.17) is 9.47 Å². The molecule has 0 bridgehead atoms. The Morgan fingerprint density at radius 2 is 2.40 bits per heavy atom. The van der Waals surface area contributed by atoms with E-state index < -0.39 is 0 Å². The molecule has 0 amide bonds. The Balaban J connectivity index is 2.19. The molecule has 0 aromatic heterocycles. The average molecular weight is 212 g/mol. The lowest BCUT2D eigenvalue weighted by Gasteiger charge is -2.25. The van der Waals surface area contributed by atoms with Gasteiger partial charge in [0.15, 0.2) is 6.29 Å². The number of unbranched alkanes of at least 4 members (excludes halogenated alkanes) is 1. The summed E-state index contributed by atoms with van der Waals surface area (Å²) in [5.41, 5.74) is 0. The third-order valence-corrected chi connectivity index (χ3v) is 2.51. The van der Waals surface area contributed by atoms with E-state index in [0.717, 1.165) is 51.4 Å². The molecular formula is C12H20O3. The molecule has 1 rings (SSSR count). The zero-order chi connectivity index (χ0) is 10.9. The van der Waals surface area contributed by atoms with Crippen molar-refractivity contribution in [2.24, 2.45) is 0 Å². The van der Waals surface area contributed by atoms with Gasteiger partial charge in [-0.3, -0.25) is 0 Å². The fraction of sp³-hybridized carbons (Fsp3) is 0.750. The van der Waals surface area contributed by atoms with Gasteiger partial charge in [0.1, 0.15) is 12.4 Å². The summed E-state index contributed by atoms with van der Waals surface area (Å²) in [6.45, 7) is 4.40. The van der Waals surface area contributed by atoms with Crippen LogP contribution >= 0.6 is 0 Å². The van der Waals surface area contributed by atoms with Crippen LogP contribution in [0.1, 0.15) is 38.5 Å². The Hall–Kier alpha value is -0.670. The molecule has 1 aliphatic heterocycles. The molecule has 0 N–H and O–H groups in total. The van der Waals surface area contributed by atoms with Crippen LogP contribution in [0.15, 0.2) is 12.7 Å². The second-order valence-electron chi connectivity index (χ2n) is 3.83. The minimum Gasteiger partial charge on any atom is -0.353 e. The van der Waals surface area contributed by atoms with Crippen LogP contribution in [-0.2, 0) is 14.3 Å². The summed E-state index contributed by atoms with van der Waals surface area (Å²) in [4.78, 5) is 10.8. The maximum Gasteiger partial charge on any atom is 0.158 e. The molecule has 15 heavy (non-hydrogen) atoms. The van der Waals surface area contributed by atoms with Crippen molar-refractivity contribution in [3.63, 3.8) is 0 Å². The minimum atomic E-state index is -0.312. The summed E-state index contributed by atoms with van der Waals surface area (Å²) in [5.74, 6) is 0. The van der Waals surface area contributed by atoms with Crippen molar-refractivity contribution >= 4 is 6.29 Å². The first-order chi connectivity index (χ1) is 7.36. The molecular weight excluding hydrogens is 192 g/mol. The van der Waals surface area contributed by atoms with Gasteiger partial charge >= 0.3 is 0 Å². The molecule has 0 aromatic carbocycles. The molecule has 0 aliphatic carbocycles. The number of hydrogen-bond donors (Lipinski definition) is 0. The van der Waals surface area contributed by atoms with Crippen LogP contribution in [0.25, 0.3) is 0 Å². The molecule has 0 radical (unpaired) electrons. The first-order valence-electron chi connectivity index (χ1n) is 5.70. The van der Waals surface area contributed by atoms with Crippen molar-refractivity contribution in [1.82, 2.24) is 0 Å². The number of allylic oxidation sites excluding steroid dienone is 1. The molecule has 1 heterocycles. The Bertz CT molecular complexity index is 185. The maximum atomic E-state index is 10.8. The third kappa shape index (κ3) is 5.09. The number of hydrogen-bond acceptors (Lipinski definition) is 3. The van der Waals surface area contributed by atoms with E-state index in [-0.39, 0.29) is 12.4 Å². The van der Waals surface area contributed by atoms with Crippen molar-refractivity contribution in [2.75, 3.05) is 6.61 Å². The number of ether oxygens (including phenoxy) is 2. The Morgan fingerprint density at radius 3 is 3.00 bits per heavy atom. The highest BCUT2D eigenvalue weighted by Crippen LogP contribution is 2.16. The first-order valence-corrected chi connectivity index (χ1v) is 5.70. The molecule has 3 heteroatoms. The summed E-state index contributed by atoms with van der Waals surface area (Å²) < 4.78 is 11.0. The van der Waals surface area contributed by atoms with Crippen molar-refractivity contribution in [3.8, 4) is 0 Å². The SMILES string of the molecule is C=CCCCC(C=O)OC1CCCCO1. The molecule has 1 aliphatic rings. The predicted molar refractivity (Wildman–Crippen MR) is 58.6 cm³/mol. The number of carbonyl (C=O) groups is 1. The van der Waals surface area contributed by atoms with E-state index >= 15 is 0 Å². The van der Waals surface area contributed by atoms with Crippen LogP contribution < -0.4 is 0 Å². The molecule has 0 saturated carbocycles. The van der Waals surface area contributed by atoms with Gasteiger partial charge in [-0.2, -0.15) is 0 Å². The molecule has 3 nitrogen and oxygen atoms in total. The van der Waals surface area contributed by atoms with E-state index in [1.807, 2.05) is 6.08 Å². The van der Waals surface area contributed by atoms with Crippen LogP contribution in [-0.4, -0.2) is 25.3 Å². The number of carbonyl (C=O) groups excluding carboxylic acids is 1. The Morgan fingerprint density at radius 1 is 1.53 bits per heavy atom. The smallest absolute Gasteiger partial charge is 0.158 e. The lowest BCUT2D eigenvalue weighted by Crippen LogP contribution is -2.28. The molecule has 1 fully saturated rings. The van der Waals surface area contributed by atoms with Gasteiger partial charge in [0.2, 0.25) is 0 Å². The fourth-order valence-electron chi connectivity index (χ4n) is 1.64. The van der Waals surface area contributed by atoms with Gasteiger partial charge in [0.05, 0.1) is 0 Å². The second-order valence-corrected chi connectivity index (χ2v) is 3.83. The lowest BCUT2D eigenvalue weighted by molar-refractivity contribution is -0.187. The van der Waals surface area contributed by atoms with Crippen LogP contribution in [0.2, 0.25) is 0 Å². The zero-order valence-electron chi connectivity index (χ0n) is 9.19. The van der Waals surface area contributed by atoms with E-state index in [0.29, 0.717) is 0 Å². The topological polar surface area (TPSA) is 35.5 Å². The van der Waals surface area contributed by atoms with E-state index in [1.54, 1.807) is 0 Å². The lowest BCUT2D eigenvalue weighted by atomic mass is 10.1. The van der Waals surface area contributed by atoms with Crippen LogP contribution in [0.3, 0.4) is 0 Å². The maximum absolute atomic E-state index is 10.8. The molecule has 0 spiro atoms.